The molecule has 1 aromatic heterocycles. The van der Waals surface area contributed by atoms with E-state index in [0.717, 1.165) is 0 Å². The van der Waals surface area contributed by atoms with Crippen LogP contribution in [0, 0.1) is 0 Å². The van der Waals surface area contributed by atoms with Crippen molar-refractivity contribution in [3.05, 3.63) is 23.7 Å². The molecular weight excluding hydrogens is 188 g/mol. The van der Waals surface area contributed by atoms with E-state index in [2.05, 4.69) is 0 Å². The van der Waals surface area contributed by atoms with E-state index in [1.807, 2.05) is 6.92 Å². The highest BCUT2D eigenvalue weighted by molar-refractivity contribution is 5.89. The van der Waals surface area contributed by atoms with Gasteiger partial charge in [0.1, 0.15) is 0 Å². The lowest BCUT2D eigenvalue weighted by Crippen LogP contribution is -2.04. The van der Waals surface area contributed by atoms with Gasteiger partial charge >= 0.3 is 11.9 Å². The Hall–Kier alpha value is -1.78. The van der Waals surface area contributed by atoms with Crippen molar-refractivity contribution >= 4 is 11.9 Å². The van der Waals surface area contributed by atoms with E-state index in [1.165, 1.54) is 12.1 Å². The maximum absolute atomic E-state index is 11.1. The fraction of sp³-hybridized carbons (Fsp3) is 0.333. The van der Waals surface area contributed by atoms with Crippen LogP contribution >= 0.6 is 0 Å². The number of furan rings is 1. The zero-order chi connectivity index (χ0) is 10.6. The minimum atomic E-state index is -1.21. The maximum atomic E-state index is 11.1. The number of hydrogen-bond acceptors (Lipinski definition) is 4. The minimum Gasteiger partial charge on any atom is -0.475 e. The Kier molecular flexibility index (Phi) is 3.28. The van der Waals surface area contributed by atoms with Crippen LogP contribution in [0.25, 0.3) is 0 Å². The van der Waals surface area contributed by atoms with Crippen LogP contribution in [0.15, 0.2) is 16.5 Å². The summed E-state index contributed by atoms with van der Waals surface area (Å²) >= 11 is 0. The van der Waals surface area contributed by atoms with Gasteiger partial charge in [0.2, 0.25) is 11.5 Å². The van der Waals surface area contributed by atoms with E-state index in [4.69, 9.17) is 14.3 Å². The van der Waals surface area contributed by atoms with Crippen molar-refractivity contribution in [1.82, 2.24) is 0 Å². The van der Waals surface area contributed by atoms with Crippen LogP contribution in [0.4, 0.5) is 0 Å². The summed E-state index contributed by atoms with van der Waals surface area (Å²) < 4.78 is 9.47. The van der Waals surface area contributed by atoms with Crippen molar-refractivity contribution in [1.29, 1.82) is 0 Å². The minimum absolute atomic E-state index is 0.0872. The predicted octanol–water partition coefficient (Wildman–Crippen LogP) is 1.54. The Bertz CT molecular complexity index is 339. The molecule has 5 nitrogen and oxygen atoms in total. The van der Waals surface area contributed by atoms with Crippen LogP contribution in [-0.4, -0.2) is 23.7 Å². The summed E-state index contributed by atoms with van der Waals surface area (Å²) in [4.78, 5) is 21.5. The molecule has 0 fully saturated rings. The summed E-state index contributed by atoms with van der Waals surface area (Å²) in [6, 6.07) is 2.49. The van der Waals surface area contributed by atoms with Crippen LogP contribution in [0.2, 0.25) is 0 Å². The van der Waals surface area contributed by atoms with Crippen molar-refractivity contribution in [3.63, 3.8) is 0 Å². The summed E-state index contributed by atoms with van der Waals surface area (Å²) in [5, 5.41) is 8.51. The molecule has 0 spiro atoms. The number of ether oxygens (including phenoxy) is 1. The van der Waals surface area contributed by atoms with Gasteiger partial charge < -0.3 is 14.3 Å². The molecule has 1 N–H and O–H groups in total. The number of carboxylic acids is 1. The molecule has 5 heteroatoms. The molecular formula is C9H10O5. The molecule has 0 aromatic carbocycles. The van der Waals surface area contributed by atoms with Gasteiger partial charge in [-0.25, -0.2) is 9.59 Å². The molecule has 1 aromatic rings. The number of hydrogen-bond donors (Lipinski definition) is 1. The van der Waals surface area contributed by atoms with Crippen LogP contribution in [0.1, 0.15) is 34.5 Å². The van der Waals surface area contributed by atoms with Crippen LogP contribution in [0.3, 0.4) is 0 Å². The van der Waals surface area contributed by atoms with Crippen LogP contribution in [0.5, 0.6) is 0 Å². The van der Waals surface area contributed by atoms with E-state index in [9.17, 15) is 9.59 Å². The molecule has 0 aliphatic heterocycles. The average molecular weight is 198 g/mol. The van der Waals surface area contributed by atoms with Gasteiger partial charge in [-0.15, -0.1) is 0 Å². The predicted molar refractivity (Wildman–Crippen MR) is 46.2 cm³/mol. The molecule has 0 aliphatic rings. The smallest absolute Gasteiger partial charge is 0.374 e. The average Bonchev–Trinajstić information content (AvgIpc) is 2.62. The van der Waals surface area contributed by atoms with E-state index >= 15 is 0 Å². The third-order valence-corrected chi connectivity index (χ3v) is 1.46. The molecule has 0 bridgehead atoms. The van der Waals surface area contributed by atoms with Crippen LogP contribution in [-0.2, 0) is 4.74 Å². The van der Waals surface area contributed by atoms with Gasteiger partial charge in [0.05, 0.1) is 6.61 Å². The van der Waals surface area contributed by atoms with Crippen molar-refractivity contribution in [3.8, 4) is 0 Å². The lowest BCUT2D eigenvalue weighted by Gasteiger charge is -1.98. The largest absolute Gasteiger partial charge is 0.475 e. The number of carbonyl (C=O) groups excluding carboxylic acids is 1. The molecule has 0 saturated heterocycles. The normalized spacial score (nSPS) is 9.79. The van der Waals surface area contributed by atoms with E-state index < -0.39 is 11.9 Å². The molecule has 1 rings (SSSR count). The quantitative estimate of drug-likeness (QED) is 0.742. The summed E-state index contributed by atoms with van der Waals surface area (Å²) in [5.41, 5.74) is 0. The fourth-order valence-corrected chi connectivity index (χ4v) is 0.828. The third-order valence-electron chi connectivity index (χ3n) is 1.46. The SMILES string of the molecule is CCCOC(=O)c1ccc(C(=O)O)o1. The topological polar surface area (TPSA) is 76.7 Å². The Balaban J connectivity index is 2.66. The summed E-state index contributed by atoms with van der Waals surface area (Å²) in [6.45, 7) is 2.15. The maximum Gasteiger partial charge on any atom is 0.374 e. The Morgan fingerprint density at radius 2 is 2.07 bits per heavy atom. The first-order valence-electron chi connectivity index (χ1n) is 4.15. The molecule has 0 aliphatic carbocycles. The second kappa shape index (κ2) is 4.45. The first-order valence-corrected chi connectivity index (χ1v) is 4.15. The van der Waals surface area contributed by atoms with Crippen molar-refractivity contribution in [2.24, 2.45) is 0 Å². The molecule has 14 heavy (non-hydrogen) atoms. The first-order chi connectivity index (χ1) is 6.65. The van der Waals surface area contributed by atoms with E-state index in [-0.39, 0.29) is 11.5 Å². The lowest BCUT2D eigenvalue weighted by molar-refractivity contribution is 0.0463. The molecule has 0 saturated carbocycles. The zero-order valence-corrected chi connectivity index (χ0v) is 7.65. The van der Waals surface area contributed by atoms with Crippen molar-refractivity contribution in [2.75, 3.05) is 6.61 Å². The van der Waals surface area contributed by atoms with Gasteiger partial charge in [-0.1, -0.05) is 6.92 Å². The van der Waals surface area contributed by atoms with Crippen LogP contribution < -0.4 is 0 Å². The Morgan fingerprint density at radius 1 is 1.43 bits per heavy atom. The van der Waals surface area contributed by atoms with Gasteiger partial charge in [0.15, 0.2) is 0 Å². The zero-order valence-electron chi connectivity index (χ0n) is 7.65. The molecule has 0 radical (unpaired) electrons. The number of carboxylic acid groups (broad SMARTS) is 1. The van der Waals surface area contributed by atoms with Gasteiger partial charge in [-0.05, 0) is 18.6 Å². The van der Waals surface area contributed by atoms with E-state index in [0.29, 0.717) is 13.0 Å². The number of aromatic carboxylic acids is 1. The van der Waals surface area contributed by atoms with Gasteiger partial charge in [0, 0.05) is 0 Å². The van der Waals surface area contributed by atoms with Crippen molar-refractivity contribution in [2.45, 2.75) is 13.3 Å². The summed E-state index contributed by atoms with van der Waals surface area (Å²) in [5.74, 6) is -2.21. The molecule has 1 heterocycles. The molecule has 0 atom stereocenters. The Morgan fingerprint density at radius 3 is 2.57 bits per heavy atom. The molecule has 0 amide bonds. The monoisotopic (exact) mass is 198 g/mol. The second-order valence-corrected chi connectivity index (χ2v) is 2.60. The molecule has 0 unspecified atom stereocenters. The summed E-state index contributed by atoms with van der Waals surface area (Å²) in [6.07, 6.45) is 0.707. The summed E-state index contributed by atoms with van der Waals surface area (Å²) in [7, 11) is 0. The number of esters is 1. The molecule has 76 valence electrons. The van der Waals surface area contributed by atoms with Gasteiger partial charge in [-0.3, -0.25) is 0 Å². The van der Waals surface area contributed by atoms with E-state index in [1.54, 1.807) is 0 Å². The lowest BCUT2D eigenvalue weighted by atomic mass is 10.4. The van der Waals surface area contributed by atoms with Gasteiger partial charge in [-0.2, -0.15) is 0 Å². The fourth-order valence-electron chi connectivity index (χ4n) is 0.828. The Labute approximate surface area is 80.3 Å². The van der Waals surface area contributed by atoms with Gasteiger partial charge in [0.25, 0.3) is 0 Å². The highest BCUT2D eigenvalue weighted by Crippen LogP contribution is 2.09. The highest BCUT2D eigenvalue weighted by atomic mass is 16.5. The number of carbonyl (C=O) groups is 2. The third kappa shape index (κ3) is 2.35. The first kappa shape index (κ1) is 10.3. The van der Waals surface area contributed by atoms with Crippen molar-refractivity contribution < 1.29 is 23.8 Å². The highest BCUT2D eigenvalue weighted by Gasteiger charge is 2.15. The number of rotatable bonds is 4. The second-order valence-electron chi connectivity index (χ2n) is 2.60. The standard InChI is InChI=1S/C9H10O5/c1-2-5-13-9(12)7-4-3-6(14-7)8(10)11/h3-4H,2,5H2,1H3,(H,10,11).